The van der Waals surface area contributed by atoms with Crippen LogP contribution >= 0.6 is 7.82 Å². The molecule has 3 rings (SSSR count). The first-order valence-electron chi connectivity index (χ1n) is 9.66. The quantitative estimate of drug-likeness (QED) is 0.530. The predicted molar refractivity (Wildman–Crippen MR) is 106 cm³/mol. The van der Waals surface area contributed by atoms with Crippen LogP contribution in [0.5, 0.6) is 5.88 Å². The van der Waals surface area contributed by atoms with Gasteiger partial charge in [0.25, 0.3) is 0 Å². The van der Waals surface area contributed by atoms with E-state index in [9.17, 15) is 9.46 Å². The average molecular weight is 465 g/mol. The highest BCUT2D eigenvalue weighted by Crippen LogP contribution is 2.51. The van der Waals surface area contributed by atoms with Gasteiger partial charge in [0.2, 0.25) is 17.7 Å². The highest BCUT2D eigenvalue weighted by Gasteiger charge is 2.57. The minimum Gasteiger partial charge on any atom is -0.476 e. The number of anilines is 1. The maximum absolute atomic E-state index is 15.3. The zero-order valence-corrected chi connectivity index (χ0v) is 18.5. The number of rotatable bonds is 9. The Hall–Kier alpha value is -1.92. The summed E-state index contributed by atoms with van der Waals surface area (Å²) in [6.07, 6.45) is -1.07. The van der Waals surface area contributed by atoms with E-state index in [-0.39, 0.29) is 42.1 Å². The molecule has 1 fully saturated rings. The van der Waals surface area contributed by atoms with Gasteiger partial charge >= 0.3 is 7.82 Å². The summed E-state index contributed by atoms with van der Waals surface area (Å²) >= 11 is 0. The first-order chi connectivity index (χ1) is 14.4. The number of nitrogens with two attached hydrogens (primary N) is 1. The molecule has 2 aromatic rings. The van der Waals surface area contributed by atoms with Crippen LogP contribution in [0.4, 0.5) is 14.7 Å². The van der Waals surface area contributed by atoms with Crippen molar-refractivity contribution in [3.8, 4) is 5.88 Å². The van der Waals surface area contributed by atoms with E-state index in [4.69, 9.17) is 24.3 Å². The number of fused-ring (bicyclic) bond motifs is 1. The highest BCUT2D eigenvalue weighted by molar-refractivity contribution is 7.47. The molecule has 0 amide bonds. The number of hydrogen-bond acceptors (Lipinski definition) is 9. The van der Waals surface area contributed by atoms with Gasteiger partial charge in [0.15, 0.2) is 23.1 Å². The standard InChI is InChI=1S/C17H26F2N5O6P/c1-5-27-13-11-12(22-15(20)23-13)24(9-21-11)14-16(4,18)7-17(19,30-14)8-29-31(25,26)28-6-10(2)3/h9-10,14H,5-8H2,1-4H3,(H,25,26)(H2,20,22,23)/t14-,16-,17+/m1/s1. The number of halogens is 2. The Morgan fingerprint density at radius 3 is 2.77 bits per heavy atom. The first-order valence-corrected chi connectivity index (χ1v) is 11.2. The van der Waals surface area contributed by atoms with Crippen molar-refractivity contribution in [1.82, 2.24) is 19.5 Å². The van der Waals surface area contributed by atoms with Crippen LogP contribution in [0.15, 0.2) is 6.33 Å². The number of phosphoric ester groups is 1. The minimum atomic E-state index is -4.54. The minimum absolute atomic E-state index is 0.0461. The molecule has 0 bridgehead atoms. The van der Waals surface area contributed by atoms with Crippen LogP contribution in [-0.2, 0) is 18.3 Å². The molecule has 0 spiro atoms. The molecule has 0 saturated carbocycles. The molecular formula is C17H26F2N5O6P. The SMILES string of the molecule is CCOc1nc(N)nc2c1ncn2[C@@H]1O[C@](F)(COP(=O)(O)OCC(C)C)C[C@@]1(C)F. The van der Waals surface area contributed by atoms with Gasteiger partial charge in [-0.2, -0.15) is 9.97 Å². The van der Waals surface area contributed by atoms with Gasteiger partial charge in [-0.15, -0.1) is 0 Å². The molecule has 0 radical (unpaired) electrons. The van der Waals surface area contributed by atoms with Crippen molar-refractivity contribution < 1.29 is 36.8 Å². The Morgan fingerprint density at radius 2 is 2.13 bits per heavy atom. The fraction of sp³-hybridized carbons (Fsp3) is 0.706. The van der Waals surface area contributed by atoms with E-state index in [1.54, 1.807) is 20.8 Å². The van der Waals surface area contributed by atoms with Crippen molar-refractivity contribution in [3.63, 3.8) is 0 Å². The Labute approximate surface area is 177 Å². The van der Waals surface area contributed by atoms with Gasteiger partial charge in [0, 0.05) is 6.42 Å². The molecule has 14 heteroatoms. The van der Waals surface area contributed by atoms with Crippen molar-refractivity contribution in [1.29, 1.82) is 0 Å². The summed E-state index contributed by atoms with van der Waals surface area (Å²) in [5, 5.41) is 0. The van der Waals surface area contributed by atoms with Crippen LogP contribution in [0.3, 0.4) is 0 Å². The van der Waals surface area contributed by atoms with Crippen LogP contribution in [0, 0.1) is 5.92 Å². The molecule has 1 aliphatic heterocycles. The van der Waals surface area contributed by atoms with Crippen LogP contribution in [0.1, 0.15) is 40.3 Å². The molecule has 31 heavy (non-hydrogen) atoms. The summed E-state index contributed by atoms with van der Waals surface area (Å²) in [6.45, 7) is 5.60. The van der Waals surface area contributed by atoms with Gasteiger partial charge in [-0.05, 0) is 19.8 Å². The molecule has 1 aliphatic rings. The molecule has 0 aromatic carbocycles. The molecule has 4 atom stereocenters. The van der Waals surface area contributed by atoms with E-state index in [0.29, 0.717) is 0 Å². The Kier molecular flexibility index (Phi) is 6.55. The normalized spacial score (nSPS) is 28.3. The largest absolute Gasteiger partial charge is 0.476 e. The van der Waals surface area contributed by atoms with Gasteiger partial charge in [-0.1, -0.05) is 13.8 Å². The topological polar surface area (TPSA) is 144 Å². The summed E-state index contributed by atoms with van der Waals surface area (Å²) in [6, 6.07) is 0. The lowest BCUT2D eigenvalue weighted by Gasteiger charge is -2.23. The number of aromatic nitrogens is 4. The van der Waals surface area contributed by atoms with Crippen molar-refractivity contribution in [2.75, 3.05) is 25.6 Å². The van der Waals surface area contributed by atoms with E-state index < -0.39 is 38.6 Å². The second-order valence-corrected chi connectivity index (χ2v) is 9.34. The molecular weight excluding hydrogens is 439 g/mol. The van der Waals surface area contributed by atoms with Crippen LogP contribution < -0.4 is 10.5 Å². The zero-order valence-electron chi connectivity index (χ0n) is 17.6. The lowest BCUT2D eigenvalue weighted by Crippen LogP contribution is -2.29. The third-order valence-electron chi connectivity index (χ3n) is 4.40. The lowest BCUT2D eigenvalue weighted by atomic mass is 10.0. The third-order valence-corrected chi connectivity index (χ3v) is 5.33. The smallest absolute Gasteiger partial charge is 0.472 e. The van der Waals surface area contributed by atoms with E-state index >= 15 is 8.78 Å². The Morgan fingerprint density at radius 1 is 1.42 bits per heavy atom. The molecule has 11 nitrogen and oxygen atoms in total. The third kappa shape index (κ3) is 5.29. The number of imidazole rings is 1. The Bertz CT molecular complexity index is 989. The van der Waals surface area contributed by atoms with Gasteiger partial charge < -0.3 is 20.1 Å². The van der Waals surface area contributed by atoms with Gasteiger partial charge in [0.1, 0.15) is 6.61 Å². The van der Waals surface area contributed by atoms with Crippen molar-refractivity contribution >= 4 is 24.9 Å². The second kappa shape index (κ2) is 8.55. The number of hydrogen-bond donors (Lipinski definition) is 2. The van der Waals surface area contributed by atoms with Crippen molar-refractivity contribution in [3.05, 3.63) is 6.33 Å². The summed E-state index contributed by atoms with van der Waals surface area (Å²) in [4.78, 5) is 21.8. The second-order valence-electron chi connectivity index (χ2n) is 7.88. The van der Waals surface area contributed by atoms with E-state index in [0.717, 1.165) is 6.92 Å². The Balaban J connectivity index is 1.83. The predicted octanol–water partition coefficient (Wildman–Crippen LogP) is 2.91. The monoisotopic (exact) mass is 465 g/mol. The number of phosphoric acid groups is 1. The molecule has 1 saturated heterocycles. The van der Waals surface area contributed by atoms with Crippen molar-refractivity contribution in [2.45, 2.75) is 51.9 Å². The number of alkyl halides is 2. The van der Waals surface area contributed by atoms with E-state index in [2.05, 4.69) is 15.0 Å². The van der Waals surface area contributed by atoms with Crippen molar-refractivity contribution in [2.24, 2.45) is 5.92 Å². The van der Waals surface area contributed by atoms with E-state index in [1.165, 1.54) is 10.9 Å². The summed E-state index contributed by atoms with van der Waals surface area (Å²) < 4.78 is 63.9. The number of nitrogens with zero attached hydrogens (tertiary/aromatic N) is 4. The summed E-state index contributed by atoms with van der Waals surface area (Å²) in [5.41, 5.74) is 3.75. The van der Waals surface area contributed by atoms with Crippen LogP contribution in [0.25, 0.3) is 11.2 Å². The van der Waals surface area contributed by atoms with Crippen LogP contribution in [-0.4, -0.2) is 55.8 Å². The highest BCUT2D eigenvalue weighted by atomic mass is 31.2. The zero-order chi connectivity index (χ0) is 23.0. The van der Waals surface area contributed by atoms with Gasteiger partial charge in [-0.25, -0.2) is 18.3 Å². The lowest BCUT2D eigenvalue weighted by molar-refractivity contribution is -0.178. The van der Waals surface area contributed by atoms with Gasteiger partial charge in [-0.3, -0.25) is 13.6 Å². The van der Waals surface area contributed by atoms with E-state index in [1.807, 2.05) is 0 Å². The molecule has 3 heterocycles. The fourth-order valence-corrected chi connectivity index (χ4v) is 4.09. The summed E-state index contributed by atoms with van der Waals surface area (Å²) in [5.74, 6) is -2.79. The maximum atomic E-state index is 15.3. The molecule has 1 unspecified atom stereocenters. The fourth-order valence-electron chi connectivity index (χ4n) is 3.17. The molecule has 2 aromatic heterocycles. The maximum Gasteiger partial charge on any atom is 0.472 e. The van der Waals surface area contributed by atoms with Crippen LogP contribution in [0.2, 0.25) is 0 Å². The molecule has 174 valence electrons. The first kappa shape index (κ1) is 23.7. The number of ether oxygens (including phenoxy) is 2. The molecule has 3 N–H and O–H groups in total. The summed E-state index contributed by atoms with van der Waals surface area (Å²) in [7, 11) is -4.54. The average Bonchev–Trinajstić information content (AvgIpc) is 3.16. The number of nitrogen functional groups attached to an aromatic ring is 1. The van der Waals surface area contributed by atoms with Gasteiger partial charge in [0.05, 0.1) is 19.5 Å². The molecule has 0 aliphatic carbocycles.